The number of ether oxygens (including phenoxy) is 1. The lowest BCUT2D eigenvalue weighted by molar-refractivity contribution is 0.126. The quantitative estimate of drug-likeness (QED) is 0.901. The molecule has 1 aromatic carbocycles. The highest BCUT2D eigenvalue weighted by molar-refractivity contribution is 5.40. The molecule has 1 aromatic heterocycles. The fourth-order valence-electron chi connectivity index (χ4n) is 2.55. The summed E-state index contributed by atoms with van der Waals surface area (Å²) in [5.41, 5.74) is 1.08. The van der Waals surface area contributed by atoms with Crippen molar-refractivity contribution in [3.8, 4) is 5.75 Å². The summed E-state index contributed by atoms with van der Waals surface area (Å²) in [6.45, 7) is 3.30. The minimum Gasteiger partial charge on any atom is -0.493 e. The Kier molecular flexibility index (Phi) is 3.21. The highest BCUT2D eigenvalue weighted by Gasteiger charge is 2.30. The van der Waals surface area contributed by atoms with E-state index >= 15 is 0 Å². The van der Waals surface area contributed by atoms with Gasteiger partial charge >= 0.3 is 0 Å². The zero-order valence-electron chi connectivity index (χ0n) is 10.9. The Morgan fingerprint density at radius 3 is 3.16 bits per heavy atom. The van der Waals surface area contributed by atoms with Crippen molar-refractivity contribution < 1.29 is 9.84 Å². The Hall–Kier alpha value is -1.88. The molecule has 1 N–H and O–H groups in total. The van der Waals surface area contributed by atoms with E-state index in [1.165, 1.54) is 6.33 Å². The number of fused-ring (bicyclic) bond motifs is 1. The molecule has 2 heterocycles. The lowest BCUT2D eigenvalue weighted by atomic mass is 9.93. The van der Waals surface area contributed by atoms with Crippen LogP contribution in [-0.2, 0) is 13.0 Å². The normalized spacial score (nSPS) is 18.9. The van der Waals surface area contributed by atoms with Crippen LogP contribution in [0.3, 0.4) is 0 Å². The van der Waals surface area contributed by atoms with Crippen LogP contribution in [0.1, 0.15) is 24.2 Å². The van der Waals surface area contributed by atoms with Gasteiger partial charge in [0.15, 0.2) is 0 Å². The molecule has 0 spiro atoms. The standard InChI is InChI=1S/C14H17N3O2/c1-2-17-14(15-9-16-17)7-12(18)11-8-19-13-6-4-3-5-10(11)13/h3-6,9,11-12,18H,2,7-8H2,1H3. The summed E-state index contributed by atoms with van der Waals surface area (Å²) in [6, 6.07) is 7.88. The lowest BCUT2D eigenvalue weighted by Crippen LogP contribution is -2.24. The molecule has 1 aliphatic heterocycles. The predicted octanol–water partition coefficient (Wildman–Crippen LogP) is 1.38. The van der Waals surface area contributed by atoms with Crippen LogP contribution in [0.25, 0.3) is 0 Å². The number of aliphatic hydroxyl groups excluding tert-OH is 1. The monoisotopic (exact) mass is 259 g/mol. The molecule has 5 heteroatoms. The number of rotatable bonds is 4. The van der Waals surface area contributed by atoms with Crippen LogP contribution < -0.4 is 4.74 Å². The fraction of sp³-hybridized carbons (Fsp3) is 0.429. The first kappa shape index (κ1) is 12.2. The second kappa shape index (κ2) is 5.01. The first-order chi connectivity index (χ1) is 9.29. The smallest absolute Gasteiger partial charge is 0.138 e. The number of aromatic nitrogens is 3. The van der Waals surface area contributed by atoms with Crippen molar-refractivity contribution in [3.63, 3.8) is 0 Å². The molecule has 2 aromatic rings. The molecule has 2 unspecified atom stereocenters. The van der Waals surface area contributed by atoms with E-state index in [1.807, 2.05) is 35.9 Å². The van der Waals surface area contributed by atoms with Crippen molar-refractivity contribution in [2.75, 3.05) is 6.61 Å². The van der Waals surface area contributed by atoms with E-state index in [4.69, 9.17) is 4.74 Å². The number of benzene rings is 1. The third-order valence-corrected chi connectivity index (χ3v) is 3.59. The summed E-state index contributed by atoms with van der Waals surface area (Å²) < 4.78 is 7.42. The molecule has 0 bridgehead atoms. The van der Waals surface area contributed by atoms with Crippen molar-refractivity contribution >= 4 is 0 Å². The molecule has 0 aliphatic carbocycles. The molecule has 3 rings (SSSR count). The zero-order valence-corrected chi connectivity index (χ0v) is 10.9. The third kappa shape index (κ3) is 2.21. The van der Waals surface area contributed by atoms with Gasteiger partial charge in [0.25, 0.3) is 0 Å². The van der Waals surface area contributed by atoms with Crippen molar-refractivity contribution in [1.29, 1.82) is 0 Å². The van der Waals surface area contributed by atoms with Crippen molar-refractivity contribution in [1.82, 2.24) is 14.8 Å². The Morgan fingerprint density at radius 2 is 2.32 bits per heavy atom. The van der Waals surface area contributed by atoms with E-state index in [0.717, 1.165) is 23.7 Å². The average molecular weight is 259 g/mol. The number of para-hydroxylation sites is 1. The summed E-state index contributed by atoms with van der Waals surface area (Å²) in [5, 5.41) is 14.5. The van der Waals surface area contributed by atoms with Gasteiger partial charge in [-0.3, -0.25) is 4.68 Å². The number of aliphatic hydroxyl groups is 1. The second-order valence-electron chi connectivity index (χ2n) is 4.72. The van der Waals surface area contributed by atoms with Crippen LogP contribution in [0.2, 0.25) is 0 Å². The van der Waals surface area contributed by atoms with Gasteiger partial charge in [0.1, 0.15) is 17.9 Å². The molecule has 0 radical (unpaired) electrons. The zero-order chi connectivity index (χ0) is 13.2. The third-order valence-electron chi connectivity index (χ3n) is 3.59. The summed E-state index contributed by atoms with van der Waals surface area (Å²) >= 11 is 0. The number of hydrogen-bond donors (Lipinski definition) is 1. The summed E-state index contributed by atoms with van der Waals surface area (Å²) in [7, 11) is 0. The number of hydrogen-bond acceptors (Lipinski definition) is 4. The van der Waals surface area contributed by atoms with E-state index < -0.39 is 6.10 Å². The molecule has 0 saturated heterocycles. The van der Waals surface area contributed by atoms with Crippen LogP contribution in [0.5, 0.6) is 5.75 Å². The van der Waals surface area contributed by atoms with Crippen molar-refractivity contribution in [2.24, 2.45) is 0 Å². The van der Waals surface area contributed by atoms with Gasteiger partial charge in [-0.2, -0.15) is 5.10 Å². The van der Waals surface area contributed by atoms with E-state index in [2.05, 4.69) is 10.1 Å². The van der Waals surface area contributed by atoms with Gasteiger partial charge in [0.2, 0.25) is 0 Å². The van der Waals surface area contributed by atoms with Gasteiger partial charge < -0.3 is 9.84 Å². The van der Waals surface area contributed by atoms with E-state index in [9.17, 15) is 5.11 Å². The Bertz CT molecular complexity index is 567. The first-order valence-electron chi connectivity index (χ1n) is 6.56. The molecule has 0 amide bonds. The Labute approximate surface area is 111 Å². The molecular weight excluding hydrogens is 242 g/mol. The van der Waals surface area contributed by atoms with Gasteiger partial charge in [0, 0.05) is 24.4 Å². The Balaban J connectivity index is 1.77. The maximum absolute atomic E-state index is 10.4. The van der Waals surface area contributed by atoms with Crippen LogP contribution >= 0.6 is 0 Å². The lowest BCUT2D eigenvalue weighted by Gasteiger charge is -2.16. The summed E-state index contributed by atoms with van der Waals surface area (Å²) in [4.78, 5) is 4.21. The van der Waals surface area contributed by atoms with Crippen LogP contribution in [0, 0.1) is 0 Å². The molecule has 0 fully saturated rings. The molecule has 0 saturated carbocycles. The van der Waals surface area contributed by atoms with Gasteiger partial charge in [0.05, 0.1) is 12.7 Å². The molecule has 100 valence electrons. The predicted molar refractivity (Wildman–Crippen MR) is 70.1 cm³/mol. The number of aryl methyl sites for hydroxylation is 1. The largest absolute Gasteiger partial charge is 0.493 e. The maximum atomic E-state index is 10.4. The van der Waals surface area contributed by atoms with Gasteiger partial charge in [-0.15, -0.1) is 0 Å². The average Bonchev–Trinajstić information content (AvgIpc) is 3.04. The second-order valence-corrected chi connectivity index (χ2v) is 4.72. The highest BCUT2D eigenvalue weighted by Crippen LogP contribution is 2.36. The number of nitrogens with zero attached hydrogens (tertiary/aromatic N) is 3. The van der Waals surface area contributed by atoms with Crippen molar-refractivity contribution in [2.45, 2.75) is 31.9 Å². The van der Waals surface area contributed by atoms with Gasteiger partial charge in [-0.25, -0.2) is 4.98 Å². The first-order valence-corrected chi connectivity index (χ1v) is 6.56. The molecular formula is C14H17N3O2. The SMILES string of the molecule is CCn1ncnc1CC(O)C1COc2ccccc21. The minimum absolute atomic E-state index is 0.0122. The summed E-state index contributed by atoms with van der Waals surface area (Å²) in [5.74, 6) is 1.71. The van der Waals surface area contributed by atoms with Crippen LogP contribution in [0.4, 0.5) is 0 Å². The van der Waals surface area contributed by atoms with Crippen molar-refractivity contribution in [3.05, 3.63) is 42.0 Å². The van der Waals surface area contributed by atoms with E-state index in [0.29, 0.717) is 13.0 Å². The van der Waals surface area contributed by atoms with Crippen LogP contribution in [-0.4, -0.2) is 32.6 Å². The molecule has 1 aliphatic rings. The fourth-order valence-corrected chi connectivity index (χ4v) is 2.55. The molecule has 2 atom stereocenters. The highest BCUT2D eigenvalue weighted by atomic mass is 16.5. The van der Waals surface area contributed by atoms with Crippen LogP contribution in [0.15, 0.2) is 30.6 Å². The van der Waals surface area contributed by atoms with E-state index in [-0.39, 0.29) is 5.92 Å². The Morgan fingerprint density at radius 1 is 1.47 bits per heavy atom. The molecule has 5 nitrogen and oxygen atoms in total. The molecule has 19 heavy (non-hydrogen) atoms. The topological polar surface area (TPSA) is 60.2 Å². The van der Waals surface area contributed by atoms with Gasteiger partial charge in [-0.1, -0.05) is 18.2 Å². The maximum Gasteiger partial charge on any atom is 0.138 e. The minimum atomic E-state index is -0.502. The van der Waals surface area contributed by atoms with Gasteiger partial charge in [-0.05, 0) is 13.0 Å². The van der Waals surface area contributed by atoms with E-state index in [1.54, 1.807) is 0 Å². The summed E-state index contributed by atoms with van der Waals surface area (Å²) in [6.07, 6.45) is 1.53.